The Balaban J connectivity index is 2.44. The number of aromatic amines is 1. The van der Waals surface area contributed by atoms with Gasteiger partial charge in [0.2, 0.25) is 0 Å². The van der Waals surface area contributed by atoms with Crippen LogP contribution in [0.1, 0.15) is 77.6 Å². The molecule has 3 N–H and O–H groups in total. The zero-order chi connectivity index (χ0) is 15.8. The van der Waals surface area contributed by atoms with Crippen molar-refractivity contribution in [3.05, 3.63) is 22.5 Å². The molecule has 1 heterocycles. The van der Waals surface area contributed by atoms with E-state index in [2.05, 4.69) is 17.2 Å². The van der Waals surface area contributed by atoms with E-state index in [1.807, 2.05) is 0 Å². The quantitative estimate of drug-likeness (QED) is 0.610. The lowest BCUT2D eigenvalue weighted by Crippen LogP contribution is -2.25. The standard InChI is InChI=1S/C16H26N2O3/c1-4-5-6-7-8-9-10-17-15(19)13-11(2)14(16(20)21)18-12(13)3/h18H,4-10H2,1-3H3,(H,17,19)(H,20,21). The van der Waals surface area contributed by atoms with E-state index >= 15 is 0 Å². The average Bonchev–Trinajstić information content (AvgIpc) is 2.73. The van der Waals surface area contributed by atoms with Gasteiger partial charge in [0.1, 0.15) is 5.69 Å². The number of carbonyl (C=O) groups is 2. The van der Waals surface area contributed by atoms with Gasteiger partial charge >= 0.3 is 5.97 Å². The van der Waals surface area contributed by atoms with Crippen molar-refractivity contribution in [3.8, 4) is 0 Å². The molecule has 5 heteroatoms. The van der Waals surface area contributed by atoms with Crippen molar-refractivity contribution < 1.29 is 14.7 Å². The maximum absolute atomic E-state index is 12.1. The highest BCUT2D eigenvalue weighted by Crippen LogP contribution is 2.17. The molecule has 0 atom stereocenters. The fourth-order valence-corrected chi connectivity index (χ4v) is 2.50. The number of hydrogen-bond donors (Lipinski definition) is 3. The SMILES string of the molecule is CCCCCCCCNC(=O)c1c(C)[nH]c(C(=O)O)c1C. The Hall–Kier alpha value is -1.78. The molecule has 118 valence electrons. The molecule has 0 radical (unpaired) electrons. The number of aromatic nitrogens is 1. The Kier molecular flexibility index (Phi) is 6.99. The number of amides is 1. The predicted octanol–water partition coefficient (Wildman–Crippen LogP) is 3.42. The van der Waals surface area contributed by atoms with Crippen LogP contribution in [0.25, 0.3) is 0 Å². The fourth-order valence-electron chi connectivity index (χ4n) is 2.50. The lowest BCUT2D eigenvalue weighted by atomic mass is 10.1. The van der Waals surface area contributed by atoms with Crippen molar-refractivity contribution in [1.82, 2.24) is 10.3 Å². The Bertz CT molecular complexity index is 492. The van der Waals surface area contributed by atoms with E-state index in [1.165, 1.54) is 25.7 Å². The fraction of sp³-hybridized carbons (Fsp3) is 0.625. The summed E-state index contributed by atoms with van der Waals surface area (Å²) in [5.74, 6) is -1.23. The van der Waals surface area contributed by atoms with Crippen LogP contribution in [-0.4, -0.2) is 28.5 Å². The summed E-state index contributed by atoms with van der Waals surface area (Å²) < 4.78 is 0. The van der Waals surface area contributed by atoms with Crippen LogP contribution in [0.15, 0.2) is 0 Å². The molecule has 0 aromatic carbocycles. The number of rotatable bonds is 9. The molecule has 0 aliphatic carbocycles. The normalized spacial score (nSPS) is 10.6. The molecule has 0 fully saturated rings. The number of H-pyrrole nitrogens is 1. The third-order valence-electron chi connectivity index (χ3n) is 3.69. The maximum Gasteiger partial charge on any atom is 0.352 e. The van der Waals surface area contributed by atoms with E-state index < -0.39 is 5.97 Å². The Labute approximate surface area is 126 Å². The van der Waals surface area contributed by atoms with E-state index in [-0.39, 0.29) is 11.6 Å². The van der Waals surface area contributed by atoms with Gasteiger partial charge in [0.05, 0.1) is 5.56 Å². The minimum atomic E-state index is -1.04. The van der Waals surface area contributed by atoms with E-state index in [1.54, 1.807) is 13.8 Å². The molecule has 21 heavy (non-hydrogen) atoms. The molecule has 0 unspecified atom stereocenters. The number of hydrogen-bond acceptors (Lipinski definition) is 2. The Morgan fingerprint density at radius 1 is 1.10 bits per heavy atom. The molecule has 0 bridgehead atoms. The molecule has 0 aliphatic heterocycles. The van der Waals surface area contributed by atoms with Crippen molar-refractivity contribution in [2.45, 2.75) is 59.3 Å². The first-order valence-corrected chi connectivity index (χ1v) is 7.69. The summed E-state index contributed by atoms with van der Waals surface area (Å²) in [6.07, 6.45) is 7.04. The Morgan fingerprint density at radius 2 is 1.71 bits per heavy atom. The summed E-state index contributed by atoms with van der Waals surface area (Å²) in [6, 6.07) is 0. The van der Waals surface area contributed by atoms with Crippen molar-refractivity contribution >= 4 is 11.9 Å². The minimum absolute atomic E-state index is 0.0946. The molecule has 0 saturated heterocycles. The second-order valence-corrected chi connectivity index (χ2v) is 5.45. The van der Waals surface area contributed by atoms with Gasteiger partial charge in [-0.1, -0.05) is 39.0 Å². The van der Waals surface area contributed by atoms with E-state index in [0.717, 1.165) is 12.8 Å². The van der Waals surface area contributed by atoms with Gasteiger partial charge in [0, 0.05) is 12.2 Å². The Morgan fingerprint density at radius 3 is 2.29 bits per heavy atom. The molecular weight excluding hydrogens is 268 g/mol. The van der Waals surface area contributed by atoms with Gasteiger partial charge < -0.3 is 15.4 Å². The number of carboxylic acid groups (broad SMARTS) is 1. The van der Waals surface area contributed by atoms with Gasteiger partial charge in [-0.25, -0.2) is 4.79 Å². The zero-order valence-electron chi connectivity index (χ0n) is 13.2. The van der Waals surface area contributed by atoms with E-state index in [9.17, 15) is 9.59 Å². The zero-order valence-corrected chi connectivity index (χ0v) is 13.2. The van der Waals surface area contributed by atoms with Gasteiger partial charge in [0.15, 0.2) is 0 Å². The molecule has 1 amide bonds. The van der Waals surface area contributed by atoms with E-state index in [4.69, 9.17) is 5.11 Å². The average molecular weight is 294 g/mol. The molecule has 0 saturated carbocycles. The van der Waals surface area contributed by atoms with Gasteiger partial charge in [-0.15, -0.1) is 0 Å². The monoisotopic (exact) mass is 294 g/mol. The van der Waals surface area contributed by atoms with Crippen molar-refractivity contribution in [2.24, 2.45) is 0 Å². The van der Waals surface area contributed by atoms with Crippen molar-refractivity contribution in [2.75, 3.05) is 6.54 Å². The summed E-state index contributed by atoms with van der Waals surface area (Å²) in [5.41, 5.74) is 1.65. The maximum atomic E-state index is 12.1. The molecule has 1 aromatic heterocycles. The second kappa shape index (κ2) is 8.49. The molecule has 5 nitrogen and oxygen atoms in total. The van der Waals surface area contributed by atoms with Gasteiger partial charge in [-0.3, -0.25) is 4.79 Å². The van der Waals surface area contributed by atoms with Gasteiger partial charge in [-0.2, -0.15) is 0 Å². The number of unbranched alkanes of at least 4 members (excludes halogenated alkanes) is 5. The predicted molar refractivity (Wildman–Crippen MR) is 82.9 cm³/mol. The highest BCUT2D eigenvalue weighted by molar-refractivity contribution is 6.00. The summed E-state index contributed by atoms with van der Waals surface area (Å²) in [4.78, 5) is 25.9. The summed E-state index contributed by atoms with van der Waals surface area (Å²) in [5, 5.41) is 11.9. The number of carboxylic acids is 1. The molecule has 1 rings (SSSR count). The topological polar surface area (TPSA) is 82.2 Å². The van der Waals surface area contributed by atoms with Crippen LogP contribution in [0.5, 0.6) is 0 Å². The lowest BCUT2D eigenvalue weighted by Gasteiger charge is -2.06. The van der Waals surface area contributed by atoms with Crippen LogP contribution in [0, 0.1) is 13.8 Å². The third kappa shape index (κ3) is 4.92. The van der Waals surface area contributed by atoms with Crippen LogP contribution >= 0.6 is 0 Å². The van der Waals surface area contributed by atoms with Crippen molar-refractivity contribution in [1.29, 1.82) is 0 Å². The first-order valence-electron chi connectivity index (χ1n) is 7.69. The molecule has 0 aliphatic rings. The first kappa shape index (κ1) is 17.3. The van der Waals surface area contributed by atoms with Crippen LogP contribution in [0.4, 0.5) is 0 Å². The highest BCUT2D eigenvalue weighted by atomic mass is 16.4. The third-order valence-corrected chi connectivity index (χ3v) is 3.69. The van der Waals surface area contributed by atoms with Crippen LogP contribution < -0.4 is 5.32 Å². The van der Waals surface area contributed by atoms with E-state index in [0.29, 0.717) is 23.4 Å². The van der Waals surface area contributed by atoms with Gasteiger partial charge in [-0.05, 0) is 25.8 Å². The summed E-state index contributed by atoms with van der Waals surface area (Å²) >= 11 is 0. The van der Waals surface area contributed by atoms with Crippen molar-refractivity contribution in [3.63, 3.8) is 0 Å². The number of carbonyl (C=O) groups excluding carboxylic acids is 1. The lowest BCUT2D eigenvalue weighted by molar-refractivity contribution is 0.0690. The largest absolute Gasteiger partial charge is 0.477 e. The summed E-state index contributed by atoms with van der Waals surface area (Å²) in [7, 11) is 0. The van der Waals surface area contributed by atoms with Crippen LogP contribution in [0.2, 0.25) is 0 Å². The van der Waals surface area contributed by atoms with Crippen LogP contribution in [0.3, 0.4) is 0 Å². The summed E-state index contributed by atoms with van der Waals surface area (Å²) in [6.45, 7) is 6.20. The molecule has 1 aromatic rings. The highest BCUT2D eigenvalue weighted by Gasteiger charge is 2.20. The minimum Gasteiger partial charge on any atom is -0.477 e. The first-order chi connectivity index (χ1) is 9.99. The van der Waals surface area contributed by atoms with Crippen LogP contribution in [-0.2, 0) is 0 Å². The number of aromatic carboxylic acids is 1. The second-order valence-electron chi connectivity index (χ2n) is 5.45. The number of aryl methyl sites for hydroxylation is 1. The molecule has 0 spiro atoms. The number of nitrogens with one attached hydrogen (secondary N) is 2. The van der Waals surface area contributed by atoms with Gasteiger partial charge in [0.25, 0.3) is 5.91 Å². The smallest absolute Gasteiger partial charge is 0.352 e. The molecular formula is C16H26N2O3.